The molecule has 8 heteroatoms. The van der Waals surface area contributed by atoms with Crippen molar-refractivity contribution in [2.75, 3.05) is 0 Å². The second kappa shape index (κ2) is 7.30. The van der Waals surface area contributed by atoms with Gasteiger partial charge in [0.15, 0.2) is 0 Å². The summed E-state index contributed by atoms with van der Waals surface area (Å²) in [5.74, 6) is -1.86. The van der Waals surface area contributed by atoms with E-state index in [0.717, 1.165) is 34.8 Å². The van der Waals surface area contributed by atoms with Crippen molar-refractivity contribution in [1.82, 2.24) is 10.0 Å². The Morgan fingerprint density at radius 2 is 1.55 bits per heavy atom. The van der Waals surface area contributed by atoms with E-state index in [9.17, 15) is 24.5 Å². The van der Waals surface area contributed by atoms with Gasteiger partial charge in [0.2, 0.25) is 0 Å². The Bertz CT molecular complexity index is 1060. The van der Waals surface area contributed by atoms with Gasteiger partial charge in [-0.15, -0.1) is 0 Å². The molecule has 0 aromatic heterocycles. The van der Waals surface area contributed by atoms with Crippen LogP contribution in [0.5, 0.6) is 0 Å². The molecule has 5 rings (SSSR count). The van der Waals surface area contributed by atoms with E-state index in [2.05, 4.69) is 0 Å². The molecule has 1 saturated heterocycles. The topological polar surface area (TPSA) is 101 Å². The largest absolute Gasteiger partial charge is 0.282 e. The molecule has 1 heterocycles. The standard InChI is InChI=1S/C23H21N3O5/c27-21(17-8-4-5-9-18(17)26(30)31)24(13-14-6-2-1-3-7-14)25-22(28)19-15-10-11-16(12-15)20(19)23(25)29/h1-9,15-16,19-20H,10-13H2/t15-,16-,19-,20+/m0/s1. The summed E-state index contributed by atoms with van der Waals surface area (Å²) in [4.78, 5) is 51.1. The third-order valence-corrected chi connectivity index (χ3v) is 6.89. The molecule has 3 amide bonds. The van der Waals surface area contributed by atoms with Crippen LogP contribution in [0, 0.1) is 33.8 Å². The van der Waals surface area contributed by atoms with Crippen LogP contribution in [0.2, 0.25) is 0 Å². The number of hydrogen-bond donors (Lipinski definition) is 0. The van der Waals surface area contributed by atoms with E-state index in [1.165, 1.54) is 24.3 Å². The smallest absolute Gasteiger partial charge is 0.272 e. The summed E-state index contributed by atoms with van der Waals surface area (Å²) in [5.41, 5.74) is 0.212. The van der Waals surface area contributed by atoms with E-state index in [1.54, 1.807) is 24.3 Å². The van der Waals surface area contributed by atoms with Crippen molar-refractivity contribution in [2.24, 2.45) is 23.7 Å². The van der Waals surface area contributed by atoms with Gasteiger partial charge in [-0.2, -0.15) is 5.01 Å². The number of rotatable bonds is 5. The summed E-state index contributed by atoms with van der Waals surface area (Å²) in [5, 5.41) is 13.6. The highest BCUT2D eigenvalue weighted by Crippen LogP contribution is 2.56. The van der Waals surface area contributed by atoms with Gasteiger partial charge in [0.05, 0.1) is 23.3 Å². The van der Waals surface area contributed by atoms with Crippen LogP contribution in [0.15, 0.2) is 54.6 Å². The number of benzene rings is 2. The predicted octanol–water partition coefficient (Wildman–Crippen LogP) is 3.18. The van der Waals surface area contributed by atoms with Gasteiger partial charge in [-0.25, -0.2) is 5.01 Å². The lowest BCUT2D eigenvalue weighted by atomic mass is 9.81. The summed E-state index contributed by atoms with van der Waals surface area (Å²) in [6.45, 7) is -0.0298. The Morgan fingerprint density at radius 1 is 0.968 bits per heavy atom. The maximum atomic E-state index is 13.5. The van der Waals surface area contributed by atoms with Crippen molar-refractivity contribution in [3.8, 4) is 0 Å². The zero-order chi connectivity index (χ0) is 21.7. The average molecular weight is 419 g/mol. The monoisotopic (exact) mass is 419 g/mol. The maximum absolute atomic E-state index is 13.5. The Labute approximate surface area is 178 Å². The fraction of sp³-hybridized carbons (Fsp3) is 0.348. The summed E-state index contributed by atoms with van der Waals surface area (Å²) in [6.07, 6.45) is 2.74. The second-order valence-corrected chi connectivity index (χ2v) is 8.50. The van der Waals surface area contributed by atoms with Crippen LogP contribution in [0.1, 0.15) is 35.2 Å². The van der Waals surface area contributed by atoms with Gasteiger partial charge in [0.1, 0.15) is 5.56 Å². The van der Waals surface area contributed by atoms with Crippen LogP contribution in [-0.4, -0.2) is 32.7 Å². The molecule has 4 atom stereocenters. The fourth-order valence-corrected chi connectivity index (χ4v) is 5.57. The van der Waals surface area contributed by atoms with E-state index < -0.39 is 10.8 Å². The number of hydrogen-bond acceptors (Lipinski definition) is 5. The summed E-state index contributed by atoms with van der Waals surface area (Å²) in [6, 6.07) is 14.6. The Hall–Kier alpha value is -3.55. The highest BCUT2D eigenvalue weighted by Gasteiger charge is 2.62. The summed E-state index contributed by atoms with van der Waals surface area (Å²) < 4.78 is 0. The number of carbonyl (C=O) groups excluding carboxylic acids is 3. The first-order chi connectivity index (χ1) is 15.0. The number of nitro benzene ring substituents is 1. The minimum absolute atomic E-state index is 0.0298. The van der Waals surface area contributed by atoms with Gasteiger partial charge in [-0.3, -0.25) is 24.5 Å². The fourth-order valence-electron chi connectivity index (χ4n) is 5.57. The molecule has 0 spiro atoms. The summed E-state index contributed by atoms with van der Waals surface area (Å²) >= 11 is 0. The molecule has 0 unspecified atom stereocenters. The lowest BCUT2D eigenvalue weighted by molar-refractivity contribution is -0.385. The minimum atomic E-state index is -0.731. The zero-order valence-corrected chi connectivity index (χ0v) is 16.7. The molecule has 31 heavy (non-hydrogen) atoms. The Kier molecular flexibility index (Phi) is 4.57. The second-order valence-electron chi connectivity index (χ2n) is 8.50. The minimum Gasteiger partial charge on any atom is -0.272 e. The molecule has 3 aliphatic rings. The number of hydrazine groups is 1. The van der Waals surface area contributed by atoms with Crippen molar-refractivity contribution in [3.63, 3.8) is 0 Å². The average Bonchev–Trinajstić information content (AvgIpc) is 3.46. The zero-order valence-electron chi connectivity index (χ0n) is 16.7. The van der Waals surface area contributed by atoms with Crippen molar-refractivity contribution >= 4 is 23.4 Å². The van der Waals surface area contributed by atoms with Crippen LogP contribution in [-0.2, 0) is 16.1 Å². The molecular formula is C23H21N3O5. The van der Waals surface area contributed by atoms with Gasteiger partial charge < -0.3 is 0 Å². The first-order valence-corrected chi connectivity index (χ1v) is 10.4. The number of nitrogens with zero attached hydrogens (tertiary/aromatic N) is 3. The van der Waals surface area contributed by atoms with Crippen LogP contribution < -0.4 is 0 Å². The van der Waals surface area contributed by atoms with Crippen molar-refractivity contribution in [2.45, 2.75) is 25.8 Å². The number of imide groups is 1. The molecule has 1 aliphatic heterocycles. The SMILES string of the molecule is O=C(c1ccccc1[N+](=O)[O-])N(Cc1ccccc1)N1C(=O)[C@@H]2[C@H]3CC[C@@H](C3)[C@@H]2C1=O. The molecule has 2 aliphatic carbocycles. The molecular weight excluding hydrogens is 398 g/mol. The van der Waals surface area contributed by atoms with E-state index >= 15 is 0 Å². The number of amides is 3. The molecule has 158 valence electrons. The molecule has 2 bridgehead atoms. The van der Waals surface area contributed by atoms with Crippen LogP contribution in [0.3, 0.4) is 0 Å². The van der Waals surface area contributed by atoms with Gasteiger partial charge in [-0.05, 0) is 42.7 Å². The lowest BCUT2D eigenvalue weighted by Crippen LogP contribution is -2.50. The van der Waals surface area contributed by atoms with Crippen LogP contribution in [0.25, 0.3) is 0 Å². The molecule has 3 fully saturated rings. The quantitative estimate of drug-likeness (QED) is 0.421. The maximum Gasteiger partial charge on any atom is 0.282 e. The van der Waals surface area contributed by atoms with Crippen molar-refractivity contribution in [1.29, 1.82) is 0 Å². The molecule has 2 saturated carbocycles. The normalized spacial score (nSPS) is 26.3. The molecule has 2 aromatic carbocycles. The predicted molar refractivity (Wildman–Crippen MR) is 109 cm³/mol. The van der Waals surface area contributed by atoms with Gasteiger partial charge in [0.25, 0.3) is 23.4 Å². The first-order valence-electron chi connectivity index (χ1n) is 10.4. The van der Waals surface area contributed by atoms with Gasteiger partial charge in [0, 0.05) is 6.07 Å². The molecule has 0 N–H and O–H groups in total. The Morgan fingerprint density at radius 3 is 2.16 bits per heavy atom. The van der Waals surface area contributed by atoms with E-state index in [1.807, 2.05) is 6.07 Å². The Balaban J connectivity index is 1.56. The molecule has 0 radical (unpaired) electrons. The number of carbonyl (C=O) groups is 3. The summed E-state index contributed by atoms with van der Waals surface area (Å²) in [7, 11) is 0. The molecule has 8 nitrogen and oxygen atoms in total. The first kappa shape index (κ1) is 19.4. The lowest BCUT2D eigenvalue weighted by Gasteiger charge is -2.31. The van der Waals surface area contributed by atoms with Gasteiger partial charge >= 0.3 is 0 Å². The number of nitro groups is 1. The highest BCUT2D eigenvalue weighted by atomic mass is 16.6. The molecule has 2 aromatic rings. The van der Waals surface area contributed by atoms with E-state index in [-0.39, 0.29) is 53.3 Å². The number of fused-ring (bicyclic) bond motifs is 5. The van der Waals surface area contributed by atoms with Gasteiger partial charge in [-0.1, -0.05) is 42.5 Å². The van der Waals surface area contributed by atoms with Crippen molar-refractivity contribution < 1.29 is 19.3 Å². The van der Waals surface area contributed by atoms with Crippen LogP contribution in [0.4, 0.5) is 5.69 Å². The third-order valence-electron chi connectivity index (χ3n) is 6.89. The third kappa shape index (κ3) is 3.01. The number of para-hydroxylation sites is 1. The van der Waals surface area contributed by atoms with E-state index in [4.69, 9.17) is 0 Å². The van der Waals surface area contributed by atoms with E-state index in [0.29, 0.717) is 0 Å². The van der Waals surface area contributed by atoms with Crippen molar-refractivity contribution in [3.05, 3.63) is 75.8 Å². The highest BCUT2D eigenvalue weighted by molar-refractivity contribution is 6.09. The van der Waals surface area contributed by atoms with Crippen LogP contribution >= 0.6 is 0 Å².